The molecule has 0 fully saturated rings. The van der Waals surface area contributed by atoms with E-state index in [1.807, 2.05) is 12.1 Å². The standard InChI is InChI=1S/C21H17FN4O2/c22-14-6-7-18-16(11-14)13(12-25-18)8-10-24-20(27)21(28)26-19-5-1-4-17-15(19)3-2-9-23-17/h1-7,9,11-12,25H,8,10H2,(H,24,27)(H,26,28). The molecule has 0 aliphatic rings. The van der Waals surface area contributed by atoms with E-state index in [2.05, 4.69) is 20.6 Å². The molecule has 0 bridgehead atoms. The van der Waals surface area contributed by atoms with Crippen LogP contribution in [0.2, 0.25) is 0 Å². The summed E-state index contributed by atoms with van der Waals surface area (Å²) in [6.07, 6.45) is 3.91. The molecule has 28 heavy (non-hydrogen) atoms. The van der Waals surface area contributed by atoms with Gasteiger partial charge in [0.05, 0.1) is 11.2 Å². The van der Waals surface area contributed by atoms with Crippen molar-refractivity contribution < 1.29 is 14.0 Å². The molecule has 0 aliphatic carbocycles. The van der Waals surface area contributed by atoms with Crippen LogP contribution < -0.4 is 10.6 Å². The highest BCUT2D eigenvalue weighted by Gasteiger charge is 2.15. The van der Waals surface area contributed by atoms with Crippen LogP contribution in [0.3, 0.4) is 0 Å². The van der Waals surface area contributed by atoms with Gasteiger partial charge >= 0.3 is 11.8 Å². The summed E-state index contributed by atoms with van der Waals surface area (Å²) >= 11 is 0. The molecule has 0 saturated heterocycles. The molecule has 6 nitrogen and oxygen atoms in total. The number of hydrogen-bond donors (Lipinski definition) is 3. The molecular formula is C21H17FN4O2. The Bertz CT molecular complexity index is 1180. The SMILES string of the molecule is O=C(NCCc1c[nH]c2ccc(F)cc12)C(=O)Nc1cccc2ncccc12. The second kappa shape index (κ2) is 7.48. The number of nitrogens with one attached hydrogen (secondary N) is 3. The van der Waals surface area contributed by atoms with Crippen molar-refractivity contribution in [2.75, 3.05) is 11.9 Å². The molecule has 4 rings (SSSR count). The molecule has 2 aromatic carbocycles. The zero-order valence-corrected chi connectivity index (χ0v) is 14.8. The number of amides is 2. The quantitative estimate of drug-likeness (QED) is 0.478. The number of halogens is 1. The highest BCUT2D eigenvalue weighted by atomic mass is 19.1. The largest absolute Gasteiger partial charge is 0.361 e. The Morgan fingerprint density at radius 3 is 2.82 bits per heavy atom. The summed E-state index contributed by atoms with van der Waals surface area (Å²) in [5.41, 5.74) is 2.95. The van der Waals surface area contributed by atoms with Crippen LogP contribution in [-0.4, -0.2) is 28.3 Å². The van der Waals surface area contributed by atoms with Crippen LogP contribution in [0, 0.1) is 5.82 Å². The Hall–Kier alpha value is -3.74. The summed E-state index contributed by atoms with van der Waals surface area (Å²) in [5.74, 6) is -1.80. The third-order valence-electron chi connectivity index (χ3n) is 4.51. The molecule has 0 spiro atoms. The van der Waals surface area contributed by atoms with E-state index in [-0.39, 0.29) is 12.4 Å². The van der Waals surface area contributed by atoms with E-state index < -0.39 is 11.8 Å². The normalized spacial score (nSPS) is 10.9. The minimum Gasteiger partial charge on any atom is -0.361 e. The van der Waals surface area contributed by atoms with Crippen molar-refractivity contribution in [3.8, 4) is 0 Å². The van der Waals surface area contributed by atoms with Crippen LogP contribution in [0.15, 0.2) is 60.9 Å². The summed E-state index contributed by atoms with van der Waals surface area (Å²) in [4.78, 5) is 31.6. The lowest BCUT2D eigenvalue weighted by atomic mass is 10.1. The van der Waals surface area contributed by atoms with E-state index in [0.717, 1.165) is 27.4 Å². The molecule has 2 aromatic heterocycles. The maximum absolute atomic E-state index is 13.4. The number of benzene rings is 2. The van der Waals surface area contributed by atoms with E-state index in [9.17, 15) is 14.0 Å². The van der Waals surface area contributed by atoms with Gasteiger partial charge in [-0.3, -0.25) is 14.6 Å². The lowest BCUT2D eigenvalue weighted by molar-refractivity contribution is -0.136. The summed E-state index contributed by atoms with van der Waals surface area (Å²) in [6, 6.07) is 13.4. The fourth-order valence-corrected chi connectivity index (χ4v) is 3.14. The topological polar surface area (TPSA) is 86.9 Å². The van der Waals surface area contributed by atoms with E-state index in [0.29, 0.717) is 12.1 Å². The number of fused-ring (bicyclic) bond motifs is 2. The summed E-state index contributed by atoms with van der Waals surface area (Å²) in [6.45, 7) is 0.257. The van der Waals surface area contributed by atoms with Gasteiger partial charge in [0.2, 0.25) is 0 Å². The summed E-state index contributed by atoms with van der Waals surface area (Å²) < 4.78 is 13.4. The van der Waals surface area contributed by atoms with Crippen LogP contribution in [0.25, 0.3) is 21.8 Å². The minimum atomic E-state index is -0.749. The zero-order chi connectivity index (χ0) is 19.5. The van der Waals surface area contributed by atoms with Crippen LogP contribution in [0.4, 0.5) is 10.1 Å². The van der Waals surface area contributed by atoms with Crippen LogP contribution >= 0.6 is 0 Å². The molecule has 4 aromatic rings. The van der Waals surface area contributed by atoms with Crippen molar-refractivity contribution in [2.24, 2.45) is 0 Å². The maximum atomic E-state index is 13.4. The molecular weight excluding hydrogens is 359 g/mol. The first kappa shape index (κ1) is 17.7. The molecule has 0 saturated carbocycles. The van der Waals surface area contributed by atoms with Crippen molar-refractivity contribution in [1.82, 2.24) is 15.3 Å². The van der Waals surface area contributed by atoms with Gasteiger partial charge in [-0.15, -0.1) is 0 Å². The Morgan fingerprint density at radius 1 is 1.04 bits per heavy atom. The minimum absolute atomic E-state index is 0.257. The number of pyridine rings is 1. The highest BCUT2D eigenvalue weighted by Crippen LogP contribution is 2.21. The Balaban J connectivity index is 1.38. The average molecular weight is 376 g/mol. The van der Waals surface area contributed by atoms with Gasteiger partial charge in [0, 0.05) is 35.2 Å². The molecule has 140 valence electrons. The third-order valence-corrected chi connectivity index (χ3v) is 4.51. The number of aromatic amines is 1. The average Bonchev–Trinajstić information content (AvgIpc) is 3.10. The Kier molecular flexibility index (Phi) is 4.72. The number of aromatic nitrogens is 2. The first-order chi connectivity index (χ1) is 13.6. The fraction of sp³-hybridized carbons (Fsp3) is 0.0952. The lowest BCUT2D eigenvalue weighted by Gasteiger charge is -2.08. The first-order valence-electron chi connectivity index (χ1n) is 8.80. The van der Waals surface area contributed by atoms with Crippen molar-refractivity contribution in [3.63, 3.8) is 0 Å². The van der Waals surface area contributed by atoms with Crippen molar-refractivity contribution in [1.29, 1.82) is 0 Å². The first-order valence-corrected chi connectivity index (χ1v) is 8.80. The van der Waals surface area contributed by atoms with Gasteiger partial charge < -0.3 is 15.6 Å². The number of carbonyl (C=O) groups is 2. The molecule has 0 aliphatic heterocycles. The predicted molar refractivity (Wildman–Crippen MR) is 105 cm³/mol. The van der Waals surface area contributed by atoms with E-state index in [1.165, 1.54) is 12.1 Å². The van der Waals surface area contributed by atoms with Gasteiger partial charge in [-0.2, -0.15) is 0 Å². The van der Waals surface area contributed by atoms with E-state index >= 15 is 0 Å². The van der Waals surface area contributed by atoms with Gasteiger partial charge in [0.15, 0.2) is 0 Å². The number of H-pyrrole nitrogens is 1. The van der Waals surface area contributed by atoms with Crippen LogP contribution in [-0.2, 0) is 16.0 Å². The second-order valence-electron chi connectivity index (χ2n) is 6.34. The predicted octanol–water partition coefficient (Wildman–Crippen LogP) is 3.15. The summed E-state index contributed by atoms with van der Waals surface area (Å²) in [5, 5.41) is 6.73. The van der Waals surface area contributed by atoms with Crippen molar-refractivity contribution in [2.45, 2.75) is 6.42 Å². The van der Waals surface area contributed by atoms with Crippen molar-refractivity contribution >= 4 is 39.3 Å². The number of hydrogen-bond acceptors (Lipinski definition) is 3. The molecule has 0 radical (unpaired) electrons. The fourth-order valence-electron chi connectivity index (χ4n) is 3.14. The lowest BCUT2D eigenvalue weighted by Crippen LogP contribution is -2.36. The third kappa shape index (κ3) is 3.55. The van der Waals surface area contributed by atoms with Crippen LogP contribution in [0.1, 0.15) is 5.56 Å². The van der Waals surface area contributed by atoms with Gasteiger partial charge in [0.25, 0.3) is 0 Å². The second-order valence-corrected chi connectivity index (χ2v) is 6.34. The Morgan fingerprint density at radius 2 is 1.93 bits per heavy atom. The Labute approximate surface area is 159 Å². The molecule has 2 amide bonds. The number of nitrogens with zero attached hydrogens (tertiary/aromatic N) is 1. The van der Waals surface area contributed by atoms with E-state index in [1.54, 1.807) is 36.7 Å². The molecule has 0 unspecified atom stereocenters. The van der Waals surface area contributed by atoms with Gasteiger partial charge in [-0.05, 0) is 54.4 Å². The molecule has 3 N–H and O–H groups in total. The molecule has 2 heterocycles. The number of rotatable bonds is 4. The van der Waals surface area contributed by atoms with E-state index in [4.69, 9.17) is 0 Å². The van der Waals surface area contributed by atoms with Gasteiger partial charge in [-0.1, -0.05) is 6.07 Å². The number of carbonyl (C=O) groups excluding carboxylic acids is 2. The van der Waals surface area contributed by atoms with Crippen LogP contribution in [0.5, 0.6) is 0 Å². The number of anilines is 1. The van der Waals surface area contributed by atoms with Crippen molar-refractivity contribution in [3.05, 3.63) is 72.3 Å². The molecule has 7 heteroatoms. The highest BCUT2D eigenvalue weighted by molar-refractivity contribution is 6.40. The zero-order valence-electron chi connectivity index (χ0n) is 14.8. The monoisotopic (exact) mass is 376 g/mol. The maximum Gasteiger partial charge on any atom is 0.313 e. The smallest absolute Gasteiger partial charge is 0.313 e. The van der Waals surface area contributed by atoms with Gasteiger partial charge in [0.1, 0.15) is 5.82 Å². The molecule has 0 atom stereocenters. The van der Waals surface area contributed by atoms with Gasteiger partial charge in [-0.25, -0.2) is 4.39 Å². The summed E-state index contributed by atoms with van der Waals surface area (Å²) in [7, 11) is 0.